The molecule has 2 saturated carbocycles. The van der Waals surface area contributed by atoms with E-state index >= 15 is 0 Å². The van der Waals surface area contributed by atoms with Crippen molar-refractivity contribution in [2.24, 2.45) is 0 Å². The lowest BCUT2D eigenvalue weighted by Gasteiger charge is -2.36. The van der Waals surface area contributed by atoms with Crippen LogP contribution in [0.25, 0.3) is 0 Å². The number of aromatic nitrogens is 4. The van der Waals surface area contributed by atoms with Gasteiger partial charge in [0.15, 0.2) is 0 Å². The molecule has 1 saturated heterocycles. The van der Waals surface area contributed by atoms with Crippen molar-refractivity contribution in [2.45, 2.75) is 44.4 Å². The molecule has 1 aliphatic heterocycles. The summed E-state index contributed by atoms with van der Waals surface area (Å²) >= 11 is 0. The number of anilines is 2. The highest BCUT2D eigenvalue weighted by molar-refractivity contribution is 5.46. The van der Waals surface area contributed by atoms with Crippen LogP contribution < -0.4 is 9.80 Å². The summed E-state index contributed by atoms with van der Waals surface area (Å²) in [6.45, 7) is 5.98. The lowest BCUT2D eigenvalue weighted by atomic mass is 10.2. The first kappa shape index (κ1) is 15.0. The Morgan fingerprint density at radius 2 is 1.48 bits per heavy atom. The van der Waals surface area contributed by atoms with E-state index in [2.05, 4.69) is 43.8 Å². The molecule has 0 amide bonds. The fourth-order valence-corrected chi connectivity index (χ4v) is 3.56. The Kier molecular flexibility index (Phi) is 3.57. The molecule has 0 bridgehead atoms. The molecule has 3 aliphatic rings. The summed E-state index contributed by atoms with van der Waals surface area (Å²) in [6, 6.07) is 4.31. The zero-order chi connectivity index (χ0) is 16.8. The Morgan fingerprint density at radius 1 is 0.800 bits per heavy atom. The molecule has 2 aromatic heterocycles. The van der Waals surface area contributed by atoms with E-state index in [-0.39, 0.29) is 0 Å². The maximum absolute atomic E-state index is 4.83. The molecule has 5 rings (SSSR count). The highest BCUT2D eigenvalue weighted by Crippen LogP contribution is 2.40. The van der Waals surface area contributed by atoms with Crippen LogP contribution in [0.5, 0.6) is 0 Å². The van der Waals surface area contributed by atoms with E-state index in [9.17, 15) is 0 Å². The zero-order valence-corrected chi connectivity index (χ0v) is 14.7. The minimum Gasteiger partial charge on any atom is -0.353 e. The normalized spacial score (nSPS) is 20.8. The molecule has 0 aromatic carbocycles. The molecule has 3 heterocycles. The number of aryl methyl sites for hydroxylation is 1. The molecule has 0 radical (unpaired) electrons. The maximum atomic E-state index is 4.83. The van der Waals surface area contributed by atoms with E-state index in [4.69, 9.17) is 4.98 Å². The highest BCUT2D eigenvalue weighted by atomic mass is 15.3. The summed E-state index contributed by atoms with van der Waals surface area (Å²) in [5.41, 5.74) is 2.30. The average Bonchev–Trinajstić information content (AvgIpc) is 3.54. The van der Waals surface area contributed by atoms with E-state index in [1.54, 1.807) is 6.33 Å². The SMILES string of the molecule is Cc1cc(N2CCN(c3cc(C4CC4)ncn3)CC2)nc(C2CC2)n1. The Labute approximate surface area is 148 Å². The second-order valence-corrected chi connectivity index (χ2v) is 7.55. The first-order valence-electron chi connectivity index (χ1n) is 9.44. The van der Waals surface area contributed by atoms with Crippen LogP contribution in [-0.2, 0) is 0 Å². The van der Waals surface area contributed by atoms with Crippen LogP contribution in [0, 0.1) is 6.92 Å². The fourth-order valence-electron chi connectivity index (χ4n) is 3.56. The third kappa shape index (κ3) is 3.17. The van der Waals surface area contributed by atoms with Crippen molar-refractivity contribution in [2.75, 3.05) is 36.0 Å². The van der Waals surface area contributed by atoms with Crippen molar-refractivity contribution in [1.29, 1.82) is 0 Å². The Bertz CT molecular complexity index is 775. The number of nitrogens with zero attached hydrogens (tertiary/aromatic N) is 6. The van der Waals surface area contributed by atoms with Crippen molar-refractivity contribution >= 4 is 11.6 Å². The molecule has 130 valence electrons. The molecule has 6 nitrogen and oxygen atoms in total. The topological polar surface area (TPSA) is 58.0 Å². The Balaban J connectivity index is 1.29. The summed E-state index contributed by atoms with van der Waals surface area (Å²) in [5, 5.41) is 0. The first-order valence-corrected chi connectivity index (χ1v) is 9.44. The zero-order valence-electron chi connectivity index (χ0n) is 14.7. The molecule has 0 spiro atoms. The van der Waals surface area contributed by atoms with Crippen molar-refractivity contribution in [3.63, 3.8) is 0 Å². The molecule has 2 aromatic rings. The summed E-state index contributed by atoms with van der Waals surface area (Å²) in [4.78, 5) is 23.2. The summed E-state index contributed by atoms with van der Waals surface area (Å²) in [5.74, 6) is 4.49. The van der Waals surface area contributed by atoms with E-state index in [1.165, 1.54) is 31.4 Å². The van der Waals surface area contributed by atoms with Crippen LogP contribution in [-0.4, -0.2) is 46.1 Å². The second kappa shape index (κ2) is 5.93. The van der Waals surface area contributed by atoms with Crippen molar-refractivity contribution in [1.82, 2.24) is 19.9 Å². The van der Waals surface area contributed by atoms with Gasteiger partial charge in [-0.2, -0.15) is 0 Å². The van der Waals surface area contributed by atoms with E-state index in [0.29, 0.717) is 11.8 Å². The second-order valence-electron chi connectivity index (χ2n) is 7.55. The van der Waals surface area contributed by atoms with Crippen molar-refractivity contribution in [3.05, 3.63) is 35.7 Å². The van der Waals surface area contributed by atoms with Crippen LogP contribution >= 0.6 is 0 Å². The lowest BCUT2D eigenvalue weighted by molar-refractivity contribution is 0.637. The van der Waals surface area contributed by atoms with Gasteiger partial charge in [-0.05, 0) is 32.6 Å². The van der Waals surface area contributed by atoms with E-state index in [1.807, 2.05) is 0 Å². The molecule has 0 unspecified atom stereocenters. The molecular formula is C19H24N6. The van der Waals surface area contributed by atoms with Crippen molar-refractivity contribution < 1.29 is 0 Å². The van der Waals surface area contributed by atoms with Crippen LogP contribution in [0.15, 0.2) is 18.5 Å². The summed E-state index contributed by atoms with van der Waals surface area (Å²) in [6.07, 6.45) is 6.77. The molecule has 25 heavy (non-hydrogen) atoms. The lowest BCUT2D eigenvalue weighted by Crippen LogP contribution is -2.47. The van der Waals surface area contributed by atoms with Crippen molar-refractivity contribution in [3.8, 4) is 0 Å². The van der Waals surface area contributed by atoms with Gasteiger partial charge in [0.05, 0.1) is 0 Å². The van der Waals surface area contributed by atoms with Gasteiger partial charge in [-0.3, -0.25) is 0 Å². The maximum Gasteiger partial charge on any atom is 0.134 e. The van der Waals surface area contributed by atoms with Crippen LogP contribution in [0.1, 0.15) is 54.7 Å². The summed E-state index contributed by atoms with van der Waals surface area (Å²) < 4.78 is 0. The van der Waals surface area contributed by atoms with Gasteiger partial charge in [0.2, 0.25) is 0 Å². The molecule has 6 heteroatoms. The van der Waals surface area contributed by atoms with Gasteiger partial charge in [-0.1, -0.05) is 0 Å². The Hall–Kier alpha value is -2.24. The average molecular weight is 336 g/mol. The van der Waals surface area contributed by atoms with Gasteiger partial charge < -0.3 is 9.80 Å². The Morgan fingerprint density at radius 3 is 2.16 bits per heavy atom. The molecular weight excluding hydrogens is 312 g/mol. The fraction of sp³-hybridized carbons (Fsp3) is 0.579. The van der Waals surface area contributed by atoms with E-state index in [0.717, 1.165) is 49.3 Å². The minimum absolute atomic E-state index is 0.599. The number of hydrogen-bond donors (Lipinski definition) is 0. The third-order valence-electron chi connectivity index (χ3n) is 5.40. The van der Waals surface area contributed by atoms with Crippen LogP contribution in [0.4, 0.5) is 11.6 Å². The highest BCUT2D eigenvalue weighted by Gasteiger charge is 2.29. The van der Waals surface area contributed by atoms with Gasteiger partial charge >= 0.3 is 0 Å². The summed E-state index contributed by atoms with van der Waals surface area (Å²) in [7, 11) is 0. The number of rotatable bonds is 4. The molecule has 0 atom stereocenters. The molecule has 3 fully saturated rings. The predicted octanol–water partition coefficient (Wildman–Crippen LogP) is 2.66. The van der Waals surface area contributed by atoms with Crippen LogP contribution in [0.2, 0.25) is 0 Å². The standard InChI is InChI=1S/C19H24N6/c1-13-10-18(23-19(22-13)15-4-5-15)25-8-6-24(7-9-25)17-11-16(14-2-3-14)20-12-21-17/h10-12,14-15H,2-9H2,1H3. The molecule has 2 aliphatic carbocycles. The molecule has 0 N–H and O–H groups in total. The first-order chi connectivity index (χ1) is 12.3. The quantitative estimate of drug-likeness (QED) is 0.855. The minimum atomic E-state index is 0.599. The number of piperazine rings is 1. The smallest absolute Gasteiger partial charge is 0.134 e. The third-order valence-corrected chi connectivity index (χ3v) is 5.40. The van der Waals surface area contributed by atoms with Crippen LogP contribution in [0.3, 0.4) is 0 Å². The number of hydrogen-bond acceptors (Lipinski definition) is 6. The monoisotopic (exact) mass is 336 g/mol. The van der Waals surface area contributed by atoms with Gasteiger partial charge in [0.25, 0.3) is 0 Å². The van der Waals surface area contributed by atoms with Gasteiger partial charge in [-0.15, -0.1) is 0 Å². The van der Waals surface area contributed by atoms with Gasteiger partial charge in [0.1, 0.15) is 23.8 Å². The predicted molar refractivity (Wildman–Crippen MR) is 97.2 cm³/mol. The largest absolute Gasteiger partial charge is 0.353 e. The van der Waals surface area contributed by atoms with Gasteiger partial charge in [0, 0.05) is 61.5 Å². The van der Waals surface area contributed by atoms with E-state index < -0.39 is 0 Å². The van der Waals surface area contributed by atoms with Gasteiger partial charge in [-0.25, -0.2) is 19.9 Å².